The number of hydrogen-bond acceptors (Lipinski definition) is 4. The Bertz CT molecular complexity index is 768. The summed E-state index contributed by atoms with van der Waals surface area (Å²) in [7, 11) is 1.58. The van der Waals surface area contributed by atoms with Gasteiger partial charge in [-0.25, -0.2) is 0 Å². The van der Waals surface area contributed by atoms with Crippen LogP contribution in [0.1, 0.15) is 42.4 Å². The molecule has 2 N–H and O–H groups in total. The van der Waals surface area contributed by atoms with Gasteiger partial charge in [-0.2, -0.15) is 0 Å². The molecular weight excluding hydrogens is 320 g/mol. The van der Waals surface area contributed by atoms with Crippen LogP contribution in [0, 0.1) is 0 Å². The third-order valence-corrected chi connectivity index (χ3v) is 4.34. The van der Waals surface area contributed by atoms with Crippen molar-refractivity contribution < 1.29 is 18.7 Å². The molecule has 3 rings (SSSR count). The second-order valence-corrected chi connectivity index (χ2v) is 6.07. The average molecular weight is 342 g/mol. The summed E-state index contributed by atoms with van der Waals surface area (Å²) < 4.78 is 11.0. The van der Waals surface area contributed by atoms with E-state index >= 15 is 0 Å². The molecule has 2 aromatic rings. The summed E-state index contributed by atoms with van der Waals surface area (Å²) in [6.07, 6.45) is 0.907. The molecule has 2 heterocycles. The van der Waals surface area contributed by atoms with Gasteiger partial charge in [-0.05, 0) is 23.8 Å². The molecule has 132 valence electrons. The zero-order chi connectivity index (χ0) is 17.8. The Morgan fingerprint density at radius 1 is 1.36 bits per heavy atom. The highest BCUT2D eigenvalue weighted by Crippen LogP contribution is 2.32. The Morgan fingerprint density at radius 2 is 2.16 bits per heavy atom. The van der Waals surface area contributed by atoms with Crippen molar-refractivity contribution in [1.29, 1.82) is 0 Å². The van der Waals surface area contributed by atoms with E-state index in [0.29, 0.717) is 18.1 Å². The number of fused-ring (bicyclic) bond motifs is 1. The Hall–Kier alpha value is -2.60. The predicted molar refractivity (Wildman–Crippen MR) is 93.3 cm³/mol. The molecule has 2 amide bonds. The fraction of sp³-hybridized carbons (Fsp3) is 0.368. The molecule has 0 saturated heterocycles. The first-order valence-electron chi connectivity index (χ1n) is 8.39. The molecule has 1 aliphatic rings. The standard InChI is InChI=1S/C19H22N2O4/c1-3-12-8-9-17(25-12)16(11-24-2)21-19(23)14-10-18(22)20-15-7-5-4-6-13(14)15/h4-9,14,16H,3,10-11H2,1-2H3,(H,20,22)(H,21,23). The smallest absolute Gasteiger partial charge is 0.228 e. The molecule has 0 aliphatic carbocycles. The number of carbonyl (C=O) groups excluding carboxylic acids is 2. The van der Waals surface area contributed by atoms with Crippen molar-refractivity contribution >= 4 is 17.5 Å². The number of para-hydroxylation sites is 1. The molecular formula is C19H22N2O4. The van der Waals surface area contributed by atoms with E-state index in [1.54, 1.807) is 13.2 Å². The Morgan fingerprint density at radius 3 is 2.88 bits per heavy atom. The van der Waals surface area contributed by atoms with E-state index in [4.69, 9.17) is 9.15 Å². The number of hydrogen-bond donors (Lipinski definition) is 2. The summed E-state index contributed by atoms with van der Waals surface area (Å²) in [5.41, 5.74) is 1.51. The van der Waals surface area contributed by atoms with Gasteiger partial charge in [0.1, 0.15) is 17.6 Å². The van der Waals surface area contributed by atoms with Crippen LogP contribution in [0.15, 0.2) is 40.8 Å². The first-order chi connectivity index (χ1) is 12.1. The van der Waals surface area contributed by atoms with Crippen molar-refractivity contribution in [1.82, 2.24) is 5.32 Å². The summed E-state index contributed by atoms with van der Waals surface area (Å²) in [6, 6.07) is 10.7. The first kappa shape index (κ1) is 17.2. The second-order valence-electron chi connectivity index (χ2n) is 6.07. The highest BCUT2D eigenvalue weighted by atomic mass is 16.5. The number of nitrogens with one attached hydrogen (secondary N) is 2. The summed E-state index contributed by atoms with van der Waals surface area (Å²) >= 11 is 0. The Balaban J connectivity index is 1.81. The van der Waals surface area contributed by atoms with E-state index in [1.807, 2.05) is 37.3 Å². The van der Waals surface area contributed by atoms with Crippen LogP contribution in [0.4, 0.5) is 5.69 Å². The zero-order valence-electron chi connectivity index (χ0n) is 14.4. The van der Waals surface area contributed by atoms with Crippen molar-refractivity contribution in [3.63, 3.8) is 0 Å². The second kappa shape index (κ2) is 7.53. The van der Waals surface area contributed by atoms with Crippen LogP contribution in [-0.2, 0) is 20.7 Å². The van der Waals surface area contributed by atoms with Crippen LogP contribution in [0.3, 0.4) is 0 Å². The number of furan rings is 1. The summed E-state index contributed by atoms with van der Waals surface area (Å²) in [5.74, 6) is 0.616. The molecule has 0 fully saturated rings. The molecule has 6 nitrogen and oxygen atoms in total. The lowest BCUT2D eigenvalue weighted by atomic mass is 9.89. The van der Waals surface area contributed by atoms with Crippen LogP contribution in [0.25, 0.3) is 0 Å². The predicted octanol–water partition coefficient (Wildman–Crippen LogP) is 2.77. The molecule has 1 aliphatic heterocycles. The fourth-order valence-electron chi connectivity index (χ4n) is 3.05. The fourth-order valence-corrected chi connectivity index (χ4v) is 3.05. The van der Waals surface area contributed by atoms with Gasteiger partial charge in [0, 0.05) is 25.6 Å². The quantitative estimate of drug-likeness (QED) is 0.846. The topological polar surface area (TPSA) is 80.6 Å². The number of anilines is 1. The molecule has 0 spiro atoms. The highest BCUT2D eigenvalue weighted by molar-refractivity contribution is 6.01. The lowest BCUT2D eigenvalue weighted by Gasteiger charge is -2.26. The molecule has 1 aromatic carbocycles. The van der Waals surface area contributed by atoms with E-state index in [0.717, 1.165) is 17.7 Å². The number of ether oxygens (including phenoxy) is 1. The molecule has 6 heteroatoms. The zero-order valence-corrected chi connectivity index (χ0v) is 14.4. The molecule has 0 saturated carbocycles. The first-order valence-corrected chi connectivity index (χ1v) is 8.39. The summed E-state index contributed by atoms with van der Waals surface area (Å²) in [5, 5.41) is 5.77. The lowest BCUT2D eigenvalue weighted by Crippen LogP contribution is -2.38. The monoisotopic (exact) mass is 342 g/mol. The maximum atomic E-state index is 12.9. The average Bonchev–Trinajstić information content (AvgIpc) is 3.09. The van der Waals surface area contributed by atoms with Gasteiger partial charge in [0.05, 0.1) is 12.5 Å². The van der Waals surface area contributed by atoms with Crippen molar-refractivity contribution in [3.8, 4) is 0 Å². The number of carbonyl (C=O) groups is 2. The largest absolute Gasteiger partial charge is 0.464 e. The van der Waals surface area contributed by atoms with Gasteiger partial charge in [-0.3, -0.25) is 9.59 Å². The van der Waals surface area contributed by atoms with Crippen molar-refractivity contribution in [3.05, 3.63) is 53.5 Å². The van der Waals surface area contributed by atoms with Crippen molar-refractivity contribution in [2.45, 2.75) is 31.7 Å². The number of amides is 2. The lowest BCUT2D eigenvalue weighted by molar-refractivity contribution is -0.127. The minimum absolute atomic E-state index is 0.126. The van der Waals surface area contributed by atoms with Crippen LogP contribution in [0.5, 0.6) is 0 Å². The number of aryl methyl sites for hydroxylation is 1. The van der Waals surface area contributed by atoms with E-state index in [2.05, 4.69) is 10.6 Å². The number of rotatable bonds is 6. The third-order valence-electron chi connectivity index (χ3n) is 4.34. The maximum Gasteiger partial charge on any atom is 0.228 e. The van der Waals surface area contributed by atoms with Gasteiger partial charge in [0.15, 0.2) is 0 Å². The Kier molecular flexibility index (Phi) is 5.19. The number of methoxy groups -OCH3 is 1. The van der Waals surface area contributed by atoms with Crippen molar-refractivity contribution in [2.75, 3.05) is 19.0 Å². The third kappa shape index (κ3) is 3.74. The van der Waals surface area contributed by atoms with E-state index in [-0.39, 0.29) is 18.2 Å². The molecule has 0 radical (unpaired) electrons. The van der Waals surface area contributed by atoms with Gasteiger partial charge in [0.2, 0.25) is 11.8 Å². The molecule has 1 aromatic heterocycles. The van der Waals surface area contributed by atoms with Crippen LogP contribution in [-0.4, -0.2) is 25.5 Å². The summed E-state index contributed by atoms with van der Waals surface area (Å²) in [4.78, 5) is 24.8. The van der Waals surface area contributed by atoms with E-state index in [1.165, 1.54) is 0 Å². The van der Waals surface area contributed by atoms with E-state index < -0.39 is 12.0 Å². The number of benzene rings is 1. The van der Waals surface area contributed by atoms with Crippen LogP contribution < -0.4 is 10.6 Å². The van der Waals surface area contributed by atoms with Gasteiger partial charge < -0.3 is 19.8 Å². The highest BCUT2D eigenvalue weighted by Gasteiger charge is 2.32. The van der Waals surface area contributed by atoms with Crippen LogP contribution in [0.2, 0.25) is 0 Å². The molecule has 2 atom stereocenters. The maximum absolute atomic E-state index is 12.9. The molecule has 25 heavy (non-hydrogen) atoms. The van der Waals surface area contributed by atoms with Crippen molar-refractivity contribution in [2.24, 2.45) is 0 Å². The van der Waals surface area contributed by atoms with E-state index in [9.17, 15) is 9.59 Å². The molecule has 0 bridgehead atoms. The van der Waals surface area contributed by atoms with Gasteiger partial charge in [-0.1, -0.05) is 25.1 Å². The summed E-state index contributed by atoms with van der Waals surface area (Å²) in [6.45, 7) is 2.30. The Labute approximate surface area is 146 Å². The molecule has 2 unspecified atom stereocenters. The van der Waals surface area contributed by atoms with Gasteiger partial charge >= 0.3 is 0 Å². The van der Waals surface area contributed by atoms with Crippen LogP contribution >= 0.6 is 0 Å². The normalized spacial score (nSPS) is 17.5. The SMILES string of the molecule is CCc1ccc(C(COC)NC(=O)C2CC(=O)Nc3ccccc32)o1. The minimum atomic E-state index is -0.523. The minimum Gasteiger partial charge on any atom is -0.464 e. The van der Waals surface area contributed by atoms with Gasteiger partial charge in [0.25, 0.3) is 0 Å². The van der Waals surface area contributed by atoms with Gasteiger partial charge in [-0.15, -0.1) is 0 Å².